The lowest BCUT2D eigenvalue weighted by Gasteiger charge is -2.22. The molecule has 2 heterocycles. The summed E-state index contributed by atoms with van der Waals surface area (Å²) in [5.74, 6) is 0.218. The summed E-state index contributed by atoms with van der Waals surface area (Å²) in [5, 5.41) is 12.8. The molecule has 0 radical (unpaired) electrons. The number of nitrogens with two attached hydrogens (primary N) is 1. The number of amides is 1. The van der Waals surface area contributed by atoms with Crippen LogP contribution >= 0.6 is 23.1 Å². The number of hydrogen-bond acceptors (Lipinski definition) is 7. The van der Waals surface area contributed by atoms with E-state index in [1.54, 1.807) is 22.5 Å². The first-order valence-electron chi connectivity index (χ1n) is 6.73. The van der Waals surface area contributed by atoms with Gasteiger partial charge in [0.2, 0.25) is 15.9 Å². The third-order valence-electron chi connectivity index (χ3n) is 3.52. The van der Waals surface area contributed by atoms with Gasteiger partial charge < -0.3 is 4.90 Å². The quantitative estimate of drug-likeness (QED) is 0.812. The Kier molecular flexibility index (Phi) is 4.41. The molecular formula is C13H14N4O3S3. The summed E-state index contributed by atoms with van der Waals surface area (Å²) in [5.41, 5.74) is 3.18. The van der Waals surface area contributed by atoms with E-state index in [0.717, 1.165) is 15.6 Å². The van der Waals surface area contributed by atoms with Gasteiger partial charge in [-0.2, -0.15) is 0 Å². The highest BCUT2D eigenvalue weighted by Crippen LogP contribution is 2.34. The number of sulfonamides is 1. The average Bonchev–Trinajstić information content (AvgIpc) is 3.09. The maximum Gasteiger partial charge on any atom is 0.238 e. The number of fused-ring (bicyclic) bond motifs is 1. The van der Waals surface area contributed by atoms with Crippen molar-refractivity contribution in [3.8, 4) is 0 Å². The molecule has 0 fully saturated rings. The molecule has 0 bridgehead atoms. The van der Waals surface area contributed by atoms with Crippen LogP contribution in [0.3, 0.4) is 0 Å². The summed E-state index contributed by atoms with van der Waals surface area (Å²) >= 11 is 2.73. The van der Waals surface area contributed by atoms with E-state index < -0.39 is 10.0 Å². The van der Waals surface area contributed by atoms with Gasteiger partial charge in [0.25, 0.3) is 0 Å². The third-order valence-corrected chi connectivity index (χ3v) is 6.28. The fourth-order valence-corrected chi connectivity index (χ4v) is 4.50. The summed E-state index contributed by atoms with van der Waals surface area (Å²) < 4.78 is 23.6. The van der Waals surface area contributed by atoms with E-state index in [-0.39, 0.29) is 22.6 Å². The lowest BCUT2D eigenvalue weighted by Crippen LogP contribution is -2.36. The van der Waals surface area contributed by atoms with Crippen LogP contribution in [0.4, 0.5) is 5.69 Å². The van der Waals surface area contributed by atoms with Crippen LogP contribution in [0.25, 0.3) is 0 Å². The molecule has 0 saturated carbocycles. The number of thioether (sulfide) groups is 1. The Morgan fingerprint density at radius 3 is 2.96 bits per heavy atom. The van der Waals surface area contributed by atoms with E-state index in [0.29, 0.717) is 6.42 Å². The fourth-order valence-electron chi connectivity index (χ4n) is 2.58. The Hall–Kier alpha value is -1.49. The molecule has 0 saturated heterocycles. The van der Waals surface area contributed by atoms with E-state index in [4.69, 9.17) is 5.14 Å². The van der Waals surface area contributed by atoms with Crippen molar-refractivity contribution in [1.29, 1.82) is 0 Å². The van der Waals surface area contributed by atoms with E-state index >= 15 is 0 Å². The largest absolute Gasteiger partial charge is 0.308 e. The summed E-state index contributed by atoms with van der Waals surface area (Å²) in [7, 11) is -3.74. The molecule has 1 aliphatic heterocycles. The van der Waals surface area contributed by atoms with Gasteiger partial charge in [0.1, 0.15) is 5.51 Å². The zero-order valence-electron chi connectivity index (χ0n) is 12.2. The van der Waals surface area contributed by atoms with Crippen LogP contribution in [0, 0.1) is 0 Å². The van der Waals surface area contributed by atoms with E-state index in [1.165, 1.54) is 29.2 Å². The molecule has 0 aliphatic carbocycles. The number of hydrogen-bond donors (Lipinski definition) is 1. The highest BCUT2D eigenvalue weighted by atomic mass is 32.2. The van der Waals surface area contributed by atoms with Crippen molar-refractivity contribution in [2.24, 2.45) is 5.14 Å². The first-order valence-corrected chi connectivity index (χ1v) is 10.1. The van der Waals surface area contributed by atoms with Gasteiger partial charge in [-0.05, 0) is 37.1 Å². The molecule has 122 valence electrons. The standard InChI is InChI=1S/C13H14N4O3S3/c1-8-4-9-5-10(23(14,19)20)2-3-11(9)17(8)12(18)6-21-13-16-15-7-22-13/h2-3,5,7-8H,4,6H2,1H3,(H2,14,19,20)/t8-/m0/s1. The van der Waals surface area contributed by atoms with Crippen LogP contribution in [0.5, 0.6) is 0 Å². The van der Waals surface area contributed by atoms with Crippen LogP contribution in [-0.2, 0) is 21.2 Å². The molecule has 2 aromatic rings. The minimum atomic E-state index is -3.74. The first-order chi connectivity index (χ1) is 10.9. The maximum absolute atomic E-state index is 12.5. The fraction of sp³-hybridized carbons (Fsp3) is 0.308. The maximum atomic E-state index is 12.5. The summed E-state index contributed by atoms with van der Waals surface area (Å²) in [6.45, 7) is 1.93. The van der Waals surface area contributed by atoms with E-state index in [2.05, 4.69) is 10.2 Å². The van der Waals surface area contributed by atoms with E-state index in [1.807, 2.05) is 6.92 Å². The van der Waals surface area contributed by atoms with Crippen molar-refractivity contribution >= 4 is 44.7 Å². The lowest BCUT2D eigenvalue weighted by atomic mass is 10.1. The Bertz CT molecular complexity index is 836. The first kappa shape index (κ1) is 16.4. The number of primary sulfonamides is 1. The molecule has 1 aromatic carbocycles. The molecule has 3 rings (SSSR count). The number of rotatable bonds is 4. The minimum absolute atomic E-state index is 0.0248. The average molecular weight is 370 g/mol. The number of aromatic nitrogens is 2. The molecule has 7 nitrogen and oxygen atoms in total. The zero-order chi connectivity index (χ0) is 16.6. The van der Waals surface area contributed by atoms with Crippen LogP contribution in [0.2, 0.25) is 0 Å². The second-order valence-corrected chi connectivity index (χ2v) is 8.76. The monoisotopic (exact) mass is 370 g/mol. The number of carbonyl (C=O) groups is 1. The second-order valence-electron chi connectivity index (χ2n) is 5.15. The molecule has 1 aromatic heterocycles. The Balaban J connectivity index is 1.81. The van der Waals surface area contributed by atoms with Crippen LogP contribution < -0.4 is 10.0 Å². The Morgan fingerprint density at radius 2 is 2.30 bits per heavy atom. The van der Waals surface area contributed by atoms with Crippen molar-refractivity contribution in [3.63, 3.8) is 0 Å². The van der Waals surface area contributed by atoms with Crippen LogP contribution in [0.1, 0.15) is 12.5 Å². The van der Waals surface area contributed by atoms with Crippen molar-refractivity contribution in [2.75, 3.05) is 10.7 Å². The van der Waals surface area contributed by atoms with Gasteiger partial charge in [0.05, 0.1) is 10.6 Å². The SMILES string of the molecule is C[C@H]1Cc2cc(S(N)(=O)=O)ccc2N1C(=O)CSc1nncs1. The Morgan fingerprint density at radius 1 is 1.52 bits per heavy atom. The number of benzene rings is 1. The Labute approximate surface area is 142 Å². The van der Waals surface area contributed by atoms with Gasteiger partial charge in [-0.15, -0.1) is 10.2 Å². The van der Waals surface area contributed by atoms with Gasteiger partial charge in [0, 0.05) is 11.7 Å². The van der Waals surface area contributed by atoms with Gasteiger partial charge in [-0.25, -0.2) is 13.6 Å². The number of carbonyl (C=O) groups excluding carboxylic acids is 1. The smallest absolute Gasteiger partial charge is 0.238 e. The summed E-state index contributed by atoms with van der Waals surface area (Å²) in [6, 6.07) is 4.60. The third kappa shape index (κ3) is 3.39. The van der Waals surface area contributed by atoms with Gasteiger partial charge in [0.15, 0.2) is 4.34 Å². The molecule has 0 spiro atoms. The van der Waals surface area contributed by atoms with Crippen LogP contribution in [-0.4, -0.2) is 36.3 Å². The predicted molar refractivity (Wildman–Crippen MR) is 89.1 cm³/mol. The minimum Gasteiger partial charge on any atom is -0.308 e. The molecule has 1 amide bonds. The molecular weight excluding hydrogens is 356 g/mol. The zero-order valence-corrected chi connectivity index (χ0v) is 14.6. The van der Waals surface area contributed by atoms with Gasteiger partial charge in [-0.3, -0.25) is 4.79 Å². The molecule has 1 atom stereocenters. The van der Waals surface area contributed by atoms with Crippen molar-refractivity contribution in [2.45, 2.75) is 28.6 Å². The van der Waals surface area contributed by atoms with Crippen molar-refractivity contribution < 1.29 is 13.2 Å². The predicted octanol–water partition coefficient (Wildman–Crippen LogP) is 1.26. The summed E-state index contributed by atoms with van der Waals surface area (Å²) in [6.07, 6.45) is 0.605. The molecule has 23 heavy (non-hydrogen) atoms. The normalized spacial score (nSPS) is 17.3. The molecule has 10 heteroatoms. The lowest BCUT2D eigenvalue weighted by molar-refractivity contribution is -0.116. The topological polar surface area (TPSA) is 106 Å². The summed E-state index contributed by atoms with van der Waals surface area (Å²) in [4.78, 5) is 14.3. The highest BCUT2D eigenvalue weighted by Gasteiger charge is 2.31. The van der Waals surface area contributed by atoms with Crippen molar-refractivity contribution in [1.82, 2.24) is 10.2 Å². The number of nitrogens with zero attached hydrogens (tertiary/aromatic N) is 3. The number of anilines is 1. The molecule has 0 unspecified atom stereocenters. The molecule has 1 aliphatic rings. The van der Waals surface area contributed by atoms with Gasteiger partial charge in [-0.1, -0.05) is 23.1 Å². The molecule has 2 N–H and O–H groups in total. The van der Waals surface area contributed by atoms with E-state index in [9.17, 15) is 13.2 Å². The van der Waals surface area contributed by atoms with Crippen LogP contribution in [0.15, 0.2) is 32.9 Å². The van der Waals surface area contributed by atoms with Crippen molar-refractivity contribution in [3.05, 3.63) is 29.3 Å². The van der Waals surface area contributed by atoms with Gasteiger partial charge >= 0.3 is 0 Å². The second kappa shape index (κ2) is 6.19. The highest BCUT2D eigenvalue weighted by molar-refractivity contribution is 8.01.